The summed E-state index contributed by atoms with van der Waals surface area (Å²) < 4.78 is 0. The summed E-state index contributed by atoms with van der Waals surface area (Å²) in [5.74, 6) is 1.45. The minimum Gasteiger partial charge on any atom is -0.359 e. The number of nitrogens with zero attached hydrogens (tertiary/aromatic N) is 3. The van der Waals surface area contributed by atoms with E-state index in [4.69, 9.17) is 0 Å². The highest BCUT2D eigenvalue weighted by Gasteiger charge is 2.25. The smallest absolute Gasteiger partial charge is 0.220 e. The molecule has 1 N–H and O–H groups in total. The quantitative estimate of drug-likeness (QED) is 0.803. The number of aromatic nitrogens is 2. The highest BCUT2D eigenvalue weighted by Crippen LogP contribution is 2.23. The highest BCUT2D eigenvalue weighted by atomic mass is 16.1. The maximum absolute atomic E-state index is 11.3. The number of hydrogen-bond donors (Lipinski definition) is 1. The minimum atomic E-state index is 0.117. The number of anilines is 1. The summed E-state index contributed by atoms with van der Waals surface area (Å²) in [6.07, 6.45) is 6.78. The van der Waals surface area contributed by atoms with Crippen LogP contribution in [0, 0.1) is 5.92 Å². The van der Waals surface area contributed by atoms with Crippen molar-refractivity contribution >= 4 is 11.7 Å². The standard InChI is InChI=1S/C11H16N4O/c1-12-11(16)6-9-2-5-15(8-9)10-7-13-3-4-14-10/h3-4,7,9H,2,5-6,8H2,1H3,(H,12,16). The maximum Gasteiger partial charge on any atom is 0.220 e. The molecule has 1 aromatic heterocycles. The van der Waals surface area contributed by atoms with Crippen LogP contribution in [0.15, 0.2) is 18.6 Å². The largest absolute Gasteiger partial charge is 0.359 e. The molecule has 1 unspecified atom stereocenters. The van der Waals surface area contributed by atoms with Gasteiger partial charge in [-0.25, -0.2) is 4.98 Å². The molecule has 2 rings (SSSR count). The van der Waals surface area contributed by atoms with Crippen LogP contribution in [-0.4, -0.2) is 36.0 Å². The summed E-state index contributed by atoms with van der Waals surface area (Å²) in [5, 5.41) is 2.66. The van der Waals surface area contributed by atoms with Gasteiger partial charge in [-0.1, -0.05) is 0 Å². The first-order chi connectivity index (χ1) is 7.79. The molecule has 2 heterocycles. The van der Waals surface area contributed by atoms with E-state index in [1.54, 1.807) is 25.6 Å². The molecule has 1 aliphatic rings. The van der Waals surface area contributed by atoms with Gasteiger partial charge in [0.2, 0.25) is 5.91 Å². The van der Waals surface area contributed by atoms with E-state index in [2.05, 4.69) is 20.2 Å². The molecule has 0 aliphatic carbocycles. The van der Waals surface area contributed by atoms with E-state index in [9.17, 15) is 4.79 Å². The fraction of sp³-hybridized carbons (Fsp3) is 0.545. The van der Waals surface area contributed by atoms with Crippen LogP contribution in [0.2, 0.25) is 0 Å². The van der Waals surface area contributed by atoms with E-state index in [0.29, 0.717) is 12.3 Å². The molecule has 0 saturated carbocycles. The average Bonchev–Trinajstić information content (AvgIpc) is 2.78. The van der Waals surface area contributed by atoms with Crippen LogP contribution < -0.4 is 10.2 Å². The first kappa shape index (κ1) is 10.9. The van der Waals surface area contributed by atoms with Gasteiger partial charge in [0.05, 0.1) is 6.20 Å². The van der Waals surface area contributed by atoms with E-state index in [-0.39, 0.29) is 5.91 Å². The van der Waals surface area contributed by atoms with Crippen LogP contribution in [0.1, 0.15) is 12.8 Å². The first-order valence-corrected chi connectivity index (χ1v) is 5.51. The maximum atomic E-state index is 11.3. The topological polar surface area (TPSA) is 58.1 Å². The fourth-order valence-electron chi connectivity index (χ4n) is 2.03. The van der Waals surface area contributed by atoms with Crippen LogP contribution in [0.4, 0.5) is 5.82 Å². The van der Waals surface area contributed by atoms with Gasteiger partial charge in [0.15, 0.2) is 0 Å². The van der Waals surface area contributed by atoms with E-state index in [1.165, 1.54) is 0 Å². The predicted octanol–water partition coefficient (Wildman–Crippen LogP) is 0.439. The molecular weight excluding hydrogens is 204 g/mol. The third-order valence-electron chi connectivity index (χ3n) is 2.91. The number of rotatable bonds is 3. The molecular formula is C11H16N4O. The second-order valence-corrected chi connectivity index (χ2v) is 4.04. The molecule has 16 heavy (non-hydrogen) atoms. The molecule has 5 heteroatoms. The molecule has 86 valence electrons. The van der Waals surface area contributed by atoms with Crippen molar-refractivity contribution in [1.82, 2.24) is 15.3 Å². The normalized spacial score (nSPS) is 19.8. The second-order valence-electron chi connectivity index (χ2n) is 4.04. The van der Waals surface area contributed by atoms with Gasteiger partial charge in [-0.05, 0) is 12.3 Å². The van der Waals surface area contributed by atoms with Crippen molar-refractivity contribution < 1.29 is 4.79 Å². The van der Waals surface area contributed by atoms with Crippen LogP contribution in [0.3, 0.4) is 0 Å². The molecule has 1 fully saturated rings. The van der Waals surface area contributed by atoms with Crippen molar-refractivity contribution in [2.24, 2.45) is 5.92 Å². The van der Waals surface area contributed by atoms with Gasteiger partial charge < -0.3 is 10.2 Å². The van der Waals surface area contributed by atoms with Crippen LogP contribution in [0.5, 0.6) is 0 Å². The Morgan fingerprint density at radius 2 is 2.50 bits per heavy atom. The monoisotopic (exact) mass is 220 g/mol. The van der Waals surface area contributed by atoms with Gasteiger partial charge in [0, 0.05) is 39.0 Å². The molecule has 1 amide bonds. The Bertz CT molecular complexity index is 354. The molecule has 1 atom stereocenters. The van der Waals surface area contributed by atoms with Gasteiger partial charge in [-0.2, -0.15) is 0 Å². The number of amides is 1. The van der Waals surface area contributed by atoms with Gasteiger partial charge in [0.1, 0.15) is 5.82 Å². The van der Waals surface area contributed by atoms with Gasteiger partial charge in [-0.15, -0.1) is 0 Å². The number of carbonyl (C=O) groups is 1. The van der Waals surface area contributed by atoms with Gasteiger partial charge >= 0.3 is 0 Å². The van der Waals surface area contributed by atoms with E-state index >= 15 is 0 Å². The minimum absolute atomic E-state index is 0.117. The molecule has 0 radical (unpaired) electrons. The molecule has 1 aliphatic heterocycles. The third-order valence-corrected chi connectivity index (χ3v) is 2.91. The van der Waals surface area contributed by atoms with Crippen LogP contribution >= 0.6 is 0 Å². The third kappa shape index (κ3) is 2.48. The number of carbonyl (C=O) groups excluding carboxylic acids is 1. The lowest BCUT2D eigenvalue weighted by Crippen LogP contribution is -2.24. The number of nitrogens with one attached hydrogen (secondary N) is 1. The second kappa shape index (κ2) is 4.92. The number of hydrogen-bond acceptors (Lipinski definition) is 4. The Morgan fingerprint density at radius 3 is 3.19 bits per heavy atom. The van der Waals surface area contributed by atoms with Crippen LogP contribution in [0.25, 0.3) is 0 Å². The summed E-state index contributed by atoms with van der Waals surface area (Å²) in [5.41, 5.74) is 0. The Labute approximate surface area is 94.9 Å². The fourth-order valence-corrected chi connectivity index (χ4v) is 2.03. The first-order valence-electron chi connectivity index (χ1n) is 5.51. The zero-order chi connectivity index (χ0) is 11.4. The van der Waals surface area contributed by atoms with E-state index < -0.39 is 0 Å². The Hall–Kier alpha value is -1.65. The zero-order valence-electron chi connectivity index (χ0n) is 9.39. The van der Waals surface area contributed by atoms with Crippen LogP contribution in [-0.2, 0) is 4.79 Å². The molecule has 1 saturated heterocycles. The van der Waals surface area contributed by atoms with E-state index in [0.717, 1.165) is 25.3 Å². The van der Waals surface area contributed by atoms with E-state index in [1.807, 2.05) is 0 Å². The average molecular weight is 220 g/mol. The predicted molar refractivity (Wildman–Crippen MR) is 61.0 cm³/mol. The Balaban J connectivity index is 1.91. The van der Waals surface area contributed by atoms with Crippen molar-refractivity contribution in [1.29, 1.82) is 0 Å². The highest BCUT2D eigenvalue weighted by molar-refractivity contribution is 5.75. The molecule has 5 nitrogen and oxygen atoms in total. The SMILES string of the molecule is CNC(=O)CC1CCN(c2cnccn2)C1. The van der Waals surface area contributed by atoms with Gasteiger partial charge in [0.25, 0.3) is 0 Å². The molecule has 0 aromatic carbocycles. The summed E-state index contributed by atoms with van der Waals surface area (Å²) in [6, 6.07) is 0. The lowest BCUT2D eigenvalue weighted by Gasteiger charge is -2.16. The molecule has 0 spiro atoms. The zero-order valence-corrected chi connectivity index (χ0v) is 9.39. The van der Waals surface area contributed by atoms with Crippen molar-refractivity contribution in [3.05, 3.63) is 18.6 Å². The molecule has 1 aromatic rings. The summed E-state index contributed by atoms with van der Waals surface area (Å²) >= 11 is 0. The molecule has 0 bridgehead atoms. The lowest BCUT2D eigenvalue weighted by atomic mass is 10.1. The van der Waals surface area contributed by atoms with Crippen molar-refractivity contribution in [2.75, 3.05) is 25.0 Å². The lowest BCUT2D eigenvalue weighted by molar-refractivity contribution is -0.121. The van der Waals surface area contributed by atoms with Crippen molar-refractivity contribution in [3.63, 3.8) is 0 Å². The summed E-state index contributed by atoms with van der Waals surface area (Å²) in [7, 11) is 1.68. The van der Waals surface area contributed by atoms with Crippen molar-refractivity contribution in [3.8, 4) is 0 Å². The van der Waals surface area contributed by atoms with Gasteiger partial charge in [-0.3, -0.25) is 9.78 Å². The summed E-state index contributed by atoms with van der Waals surface area (Å²) in [6.45, 7) is 1.85. The summed E-state index contributed by atoms with van der Waals surface area (Å²) in [4.78, 5) is 21.7. The Morgan fingerprint density at radius 1 is 1.62 bits per heavy atom. The van der Waals surface area contributed by atoms with Crippen molar-refractivity contribution in [2.45, 2.75) is 12.8 Å². The Kier molecular flexibility index (Phi) is 3.34.